The van der Waals surface area contributed by atoms with E-state index in [1.807, 2.05) is 0 Å². The number of aldehydes is 1. The number of carbonyl (C=O) groups is 1. The van der Waals surface area contributed by atoms with E-state index in [1.54, 1.807) is 6.07 Å². The van der Waals surface area contributed by atoms with Gasteiger partial charge in [0.1, 0.15) is 7.63 Å². The molecule has 1 aliphatic rings. The highest BCUT2D eigenvalue weighted by atomic mass is 16.9. The lowest BCUT2D eigenvalue weighted by molar-refractivity contribution is 0.0259. The molecule has 0 fully saturated rings. The standard InChI is InChI=1S/C7H5NO3/c9-4-5-1-2-6-7(3-5)11-8-10-6/h1-4,8H/i4D. The fourth-order valence-corrected chi connectivity index (χ4v) is 0.846. The van der Waals surface area contributed by atoms with Crippen LogP contribution in [0.1, 0.15) is 11.7 Å². The van der Waals surface area contributed by atoms with E-state index in [0.717, 1.165) is 0 Å². The summed E-state index contributed by atoms with van der Waals surface area (Å²) in [6.45, 7) is 0. The van der Waals surface area contributed by atoms with Gasteiger partial charge in [-0.25, -0.2) is 0 Å². The Morgan fingerprint density at radius 2 is 2.27 bits per heavy atom. The van der Waals surface area contributed by atoms with Gasteiger partial charge >= 0.3 is 0 Å². The number of hydrogen-bond acceptors (Lipinski definition) is 4. The van der Waals surface area contributed by atoms with Crippen LogP contribution in [-0.2, 0) is 0 Å². The summed E-state index contributed by atoms with van der Waals surface area (Å²) in [5.41, 5.74) is 2.46. The minimum Gasteiger partial charge on any atom is -0.370 e. The second-order valence-corrected chi connectivity index (χ2v) is 2.05. The van der Waals surface area contributed by atoms with Gasteiger partial charge in [-0.2, -0.15) is 0 Å². The topological polar surface area (TPSA) is 47.6 Å². The molecule has 0 aromatic heterocycles. The molecule has 0 amide bonds. The number of rotatable bonds is 1. The zero-order chi connectivity index (χ0) is 8.55. The lowest BCUT2D eigenvalue weighted by atomic mass is 10.2. The smallest absolute Gasteiger partial charge is 0.196 e. The molecule has 0 spiro atoms. The molecule has 1 aromatic carbocycles. The van der Waals surface area contributed by atoms with Gasteiger partial charge in [0.05, 0.1) is 0 Å². The van der Waals surface area contributed by atoms with Crippen molar-refractivity contribution >= 4 is 6.26 Å². The Morgan fingerprint density at radius 1 is 1.45 bits per heavy atom. The highest BCUT2D eigenvalue weighted by Crippen LogP contribution is 2.29. The van der Waals surface area contributed by atoms with E-state index in [1.165, 1.54) is 12.1 Å². The molecule has 1 N–H and O–H groups in total. The van der Waals surface area contributed by atoms with E-state index >= 15 is 0 Å². The molecule has 0 saturated heterocycles. The maximum Gasteiger partial charge on any atom is 0.196 e. The van der Waals surface area contributed by atoms with Crippen molar-refractivity contribution in [3.05, 3.63) is 23.8 Å². The Hall–Kier alpha value is -1.55. The first-order valence-electron chi connectivity index (χ1n) is 3.51. The normalized spacial score (nSPS) is 14.4. The maximum absolute atomic E-state index is 10.6. The Kier molecular flexibility index (Phi) is 1.05. The third kappa shape index (κ3) is 0.929. The Balaban J connectivity index is 2.45. The molecule has 56 valence electrons. The molecule has 0 unspecified atom stereocenters. The van der Waals surface area contributed by atoms with Crippen LogP contribution >= 0.6 is 0 Å². The lowest BCUT2D eigenvalue weighted by Gasteiger charge is -1.91. The summed E-state index contributed by atoms with van der Waals surface area (Å²) in [5, 5.41) is 0. The number of benzene rings is 1. The van der Waals surface area contributed by atoms with E-state index in [9.17, 15) is 4.79 Å². The van der Waals surface area contributed by atoms with Crippen LogP contribution in [-0.4, -0.2) is 6.26 Å². The van der Waals surface area contributed by atoms with Gasteiger partial charge < -0.3 is 9.68 Å². The largest absolute Gasteiger partial charge is 0.370 e. The zero-order valence-electron chi connectivity index (χ0n) is 6.46. The molecule has 11 heavy (non-hydrogen) atoms. The first kappa shape index (κ1) is 5.15. The highest BCUT2D eigenvalue weighted by Gasteiger charge is 2.13. The molecule has 0 saturated carbocycles. The predicted molar refractivity (Wildman–Crippen MR) is 36.2 cm³/mol. The molecule has 0 radical (unpaired) electrons. The molecule has 4 nitrogen and oxygen atoms in total. The van der Waals surface area contributed by atoms with Crippen molar-refractivity contribution < 1.29 is 15.8 Å². The quantitative estimate of drug-likeness (QED) is 0.601. The van der Waals surface area contributed by atoms with Gasteiger partial charge in [-0.05, 0) is 18.2 Å². The molecule has 0 aliphatic carbocycles. The van der Waals surface area contributed by atoms with Gasteiger partial charge in [0.15, 0.2) is 11.5 Å². The number of hydrogen-bond donors (Lipinski definition) is 1. The predicted octanol–water partition coefficient (Wildman–Crippen LogP) is 0.690. The number of nitrogens with one attached hydrogen (secondary N) is 1. The monoisotopic (exact) mass is 152 g/mol. The van der Waals surface area contributed by atoms with Crippen molar-refractivity contribution in [2.75, 3.05) is 0 Å². The van der Waals surface area contributed by atoms with Crippen molar-refractivity contribution in [3.63, 3.8) is 0 Å². The molecule has 0 bridgehead atoms. The number of fused-ring (bicyclic) bond motifs is 1. The van der Waals surface area contributed by atoms with Crippen molar-refractivity contribution in [1.82, 2.24) is 5.64 Å². The zero-order valence-corrected chi connectivity index (χ0v) is 5.46. The second kappa shape index (κ2) is 2.25. The summed E-state index contributed by atoms with van der Waals surface area (Å²) in [7, 11) is 0. The van der Waals surface area contributed by atoms with Crippen LogP contribution in [0, 0.1) is 0 Å². The van der Waals surface area contributed by atoms with Crippen LogP contribution in [0.25, 0.3) is 0 Å². The van der Waals surface area contributed by atoms with Crippen molar-refractivity contribution in [3.8, 4) is 11.5 Å². The van der Waals surface area contributed by atoms with E-state index in [-0.39, 0.29) is 5.56 Å². The van der Waals surface area contributed by atoms with Crippen molar-refractivity contribution in [1.29, 1.82) is 0 Å². The molecule has 4 heteroatoms. The molecule has 1 heterocycles. The average Bonchev–Trinajstić information content (AvgIpc) is 2.49. The van der Waals surface area contributed by atoms with Gasteiger partial charge in [-0.1, -0.05) is 0 Å². The first-order valence-corrected chi connectivity index (χ1v) is 3.01. The SMILES string of the molecule is [2H]C(=O)c1ccc2c(c1)ONO2. The minimum atomic E-state index is -0.742. The molecule has 1 aromatic rings. The van der Waals surface area contributed by atoms with Gasteiger partial charge in [0.2, 0.25) is 0 Å². The van der Waals surface area contributed by atoms with Gasteiger partial charge in [0, 0.05) is 11.2 Å². The summed E-state index contributed by atoms with van der Waals surface area (Å²) in [6.07, 6.45) is -0.742. The average molecular weight is 152 g/mol. The van der Waals surface area contributed by atoms with E-state index in [4.69, 9.17) is 11.0 Å². The summed E-state index contributed by atoms with van der Waals surface area (Å²) in [6, 6.07) is 4.52. The van der Waals surface area contributed by atoms with Crippen LogP contribution < -0.4 is 15.3 Å². The van der Waals surface area contributed by atoms with E-state index < -0.39 is 6.26 Å². The summed E-state index contributed by atoms with van der Waals surface area (Å²) in [4.78, 5) is 20.2. The molecular weight excluding hydrogens is 146 g/mol. The Morgan fingerprint density at radius 3 is 3.09 bits per heavy atom. The Bertz CT molecular complexity index is 339. The molecule has 0 atom stereocenters. The third-order valence-electron chi connectivity index (χ3n) is 1.36. The van der Waals surface area contributed by atoms with Gasteiger partial charge in [-0.15, -0.1) is 0 Å². The maximum atomic E-state index is 10.6. The molecule has 2 rings (SSSR count). The lowest BCUT2D eigenvalue weighted by Crippen LogP contribution is -2.14. The third-order valence-corrected chi connectivity index (χ3v) is 1.36. The minimum absolute atomic E-state index is 0.279. The van der Waals surface area contributed by atoms with Gasteiger partial charge in [-0.3, -0.25) is 4.79 Å². The summed E-state index contributed by atoms with van der Waals surface area (Å²) in [5.74, 6) is 0.938. The molecule has 1 aliphatic heterocycles. The van der Waals surface area contributed by atoms with Crippen LogP contribution in [0.4, 0.5) is 0 Å². The van der Waals surface area contributed by atoms with Gasteiger partial charge in [0.25, 0.3) is 0 Å². The number of carbonyl (C=O) groups excluding carboxylic acids is 1. The van der Waals surface area contributed by atoms with E-state index in [0.29, 0.717) is 11.5 Å². The van der Waals surface area contributed by atoms with Crippen LogP contribution in [0.3, 0.4) is 0 Å². The second-order valence-electron chi connectivity index (χ2n) is 2.05. The summed E-state index contributed by atoms with van der Waals surface area (Å²) < 4.78 is 6.83. The fraction of sp³-hybridized carbons (Fsp3) is 0. The van der Waals surface area contributed by atoms with Crippen LogP contribution in [0.5, 0.6) is 11.5 Å². The summed E-state index contributed by atoms with van der Waals surface area (Å²) >= 11 is 0. The fourth-order valence-electron chi connectivity index (χ4n) is 0.846. The van der Waals surface area contributed by atoms with E-state index in [2.05, 4.69) is 5.64 Å². The van der Waals surface area contributed by atoms with Crippen LogP contribution in [0.15, 0.2) is 18.2 Å². The van der Waals surface area contributed by atoms with Crippen LogP contribution in [0.2, 0.25) is 0 Å². The Labute approximate surface area is 64.0 Å². The molecular formula is C7H5NO3. The first-order chi connectivity index (χ1) is 5.77. The van der Waals surface area contributed by atoms with Crippen molar-refractivity contribution in [2.45, 2.75) is 0 Å². The highest BCUT2D eigenvalue weighted by molar-refractivity contribution is 5.76. The van der Waals surface area contributed by atoms with Crippen molar-refractivity contribution in [2.24, 2.45) is 0 Å².